The first-order valence-corrected chi connectivity index (χ1v) is 7.01. The van der Waals surface area contributed by atoms with E-state index in [0.717, 1.165) is 5.69 Å². The molecule has 0 bridgehead atoms. The van der Waals surface area contributed by atoms with Crippen LogP contribution in [0, 0.1) is 0 Å². The van der Waals surface area contributed by atoms with Gasteiger partial charge in [-0.15, -0.1) is 11.3 Å². The quantitative estimate of drug-likeness (QED) is 0.894. The van der Waals surface area contributed by atoms with E-state index in [1.165, 1.54) is 24.0 Å². The number of nitrogens with zero attached hydrogens (tertiary/aromatic N) is 1. The first kappa shape index (κ1) is 10.9. The number of hydrogen-bond donors (Lipinski definition) is 1. The highest BCUT2D eigenvalue weighted by Crippen LogP contribution is 2.32. The molecule has 0 saturated heterocycles. The third-order valence-electron chi connectivity index (χ3n) is 3.48. The zero-order valence-electron chi connectivity index (χ0n) is 9.89. The predicted molar refractivity (Wildman–Crippen MR) is 71.2 cm³/mol. The van der Waals surface area contributed by atoms with Gasteiger partial charge in [-0.05, 0) is 30.9 Å². The second-order valence-electron chi connectivity index (χ2n) is 4.59. The van der Waals surface area contributed by atoms with Crippen LogP contribution in [0.15, 0.2) is 35.2 Å². The molecular formula is C14H16N2S. The van der Waals surface area contributed by atoms with Gasteiger partial charge in [0.1, 0.15) is 0 Å². The average Bonchev–Trinajstić information content (AvgIpc) is 2.98. The maximum absolute atomic E-state index is 4.37. The summed E-state index contributed by atoms with van der Waals surface area (Å²) in [5, 5.41) is 5.81. The summed E-state index contributed by atoms with van der Waals surface area (Å²) < 4.78 is 0. The molecule has 0 aliphatic heterocycles. The SMILES string of the molecule is CC(NC1CCc2ccccc21)c1cscn1. The van der Waals surface area contributed by atoms with Crippen molar-refractivity contribution in [3.8, 4) is 0 Å². The number of nitrogens with one attached hydrogen (secondary N) is 1. The highest BCUT2D eigenvalue weighted by molar-refractivity contribution is 7.07. The molecule has 1 aliphatic carbocycles. The van der Waals surface area contributed by atoms with Crippen molar-refractivity contribution < 1.29 is 0 Å². The molecule has 88 valence electrons. The normalized spacial score (nSPS) is 20.2. The monoisotopic (exact) mass is 244 g/mol. The summed E-state index contributed by atoms with van der Waals surface area (Å²) in [4.78, 5) is 4.37. The van der Waals surface area contributed by atoms with Crippen LogP contribution in [0.5, 0.6) is 0 Å². The van der Waals surface area contributed by atoms with Crippen molar-refractivity contribution in [2.75, 3.05) is 0 Å². The summed E-state index contributed by atoms with van der Waals surface area (Å²) in [5.74, 6) is 0. The van der Waals surface area contributed by atoms with Crippen LogP contribution in [0.2, 0.25) is 0 Å². The summed E-state index contributed by atoms with van der Waals surface area (Å²) in [5.41, 5.74) is 6.01. The first-order chi connectivity index (χ1) is 8.34. The Labute approximate surface area is 106 Å². The van der Waals surface area contributed by atoms with Crippen LogP contribution in [-0.4, -0.2) is 4.98 Å². The number of thiazole rings is 1. The number of fused-ring (bicyclic) bond motifs is 1. The molecule has 3 heteroatoms. The fraction of sp³-hybridized carbons (Fsp3) is 0.357. The Morgan fingerprint density at radius 2 is 2.29 bits per heavy atom. The lowest BCUT2D eigenvalue weighted by Crippen LogP contribution is -2.23. The van der Waals surface area contributed by atoms with Crippen LogP contribution < -0.4 is 5.32 Å². The smallest absolute Gasteiger partial charge is 0.0795 e. The van der Waals surface area contributed by atoms with Crippen LogP contribution in [0.3, 0.4) is 0 Å². The summed E-state index contributed by atoms with van der Waals surface area (Å²) in [6, 6.07) is 9.57. The van der Waals surface area contributed by atoms with Gasteiger partial charge in [0.25, 0.3) is 0 Å². The van der Waals surface area contributed by atoms with E-state index in [2.05, 4.69) is 46.9 Å². The van der Waals surface area contributed by atoms with Crippen LogP contribution in [0.1, 0.15) is 42.2 Å². The lowest BCUT2D eigenvalue weighted by atomic mass is 10.1. The lowest BCUT2D eigenvalue weighted by molar-refractivity contribution is 0.459. The van der Waals surface area contributed by atoms with Crippen molar-refractivity contribution in [1.82, 2.24) is 10.3 Å². The van der Waals surface area contributed by atoms with Crippen LogP contribution >= 0.6 is 11.3 Å². The first-order valence-electron chi connectivity index (χ1n) is 6.06. The molecule has 0 spiro atoms. The van der Waals surface area contributed by atoms with Gasteiger partial charge >= 0.3 is 0 Å². The van der Waals surface area contributed by atoms with E-state index in [1.54, 1.807) is 11.3 Å². The van der Waals surface area contributed by atoms with Gasteiger partial charge in [0.2, 0.25) is 0 Å². The van der Waals surface area contributed by atoms with E-state index in [0.29, 0.717) is 12.1 Å². The molecule has 2 nitrogen and oxygen atoms in total. The van der Waals surface area contributed by atoms with Gasteiger partial charge in [0.15, 0.2) is 0 Å². The number of aromatic nitrogens is 1. The Balaban J connectivity index is 1.75. The van der Waals surface area contributed by atoms with Gasteiger partial charge in [-0.3, -0.25) is 0 Å². The Hall–Kier alpha value is -1.19. The number of benzene rings is 1. The second kappa shape index (κ2) is 4.59. The molecular weight excluding hydrogens is 228 g/mol. The minimum absolute atomic E-state index is 0.331. The van der Waals surface area contributed by atoms with Crippen LogP contribution in [0.4, 0.5) is 0 Å². The highest BCUT2D eigenvalue weighted by Gasteiger charge is 2.23. The molecule has 1 aromatic carbocycles. The molecule has 0 radical (unpaired) electrons. The zero-order valence-corrected chi connectivity index (χ0v) is 10.7. The average molecular weight is 244 g/mol. The fourth-order valence-electron chi connectivity index (χ4n) is 2.55. The molecule has 0 saturated carbocycles. The van der Waals surface area contributed by atoms with E-state index >= 15 is 0 Å². The van der Waals surface area contributed by atoms with Crippen molar-refractivity contribution in [2.45, 2.75) is 31.8 Å². The standard InChI is InChI=1S/C14H16N2S/c1-10(14-8-17-9-15-14)16-13-7-6-11-4-2-3-5-12(11)13/h2-5,8-10,13,16H,6-7H2,1H3. The summed E-state index contributed by atoms with van der Waals surface area (Å²) in [7, 11) is 0. The summed E-state index contributed by atoms with van der Waals surface area (Å²) in [6.45, 7) is 2.19. The van der Waals surface area contributed by atoms with Gasteiger partial charge in [0.05, 0.1) is 11.2 Å². The van der Waals surface area contributed by atoms with Gasteiger partial charge < -0.3 is 5.32 Å². The van der Waals surface area contributed by atoms with Crippen molar-refractivity contribution >= 4 is 11.3 Å². The molecule has 1 heterocycles. The molecule has 0 amide bonds. The largest absolute Gasteiger partial charge is 0.302 e. The minimum Gasteiger partial charge on any atom is -0.302 e. The van der Waals surface area contributed by atoms with Gasteiger partial charge in [-0.2, -0.15) is 0 Å². The Morgan fingerprint density at radius 3 is 3.12 bits per heavy atom. The van der Waals surface area contributed by atoms with Crippen molar-refractivity contribution in [1.29, 1.82) is 0 Å². The van der Waals surface area contributed by atoms with Crippen LogP contribution in [-0.2, 0) is 6.42 Å². The number of aryl methyl sites for hydroxylation is 1. The summed E-state index contributed by atoms with van der Waals surface area (Å²) in [6.07, 6.45) is 2.39. The molecule has 2 aromatic rings. The second-order valence-corrected chi connectivity index (χ2v) is 5.31. The molecule has 2 unspecified atom stereocenters. The third kappa shape index (κ3) is 2.13. The molecule has 3 rings (SSSR count). The lowest BCUT2D eigenvalue weighted by Gasteiger charge is -2.19. The maximum atomic E-state index is 4.37. The molecule has 1 N–H and O–H groups in total. The number of hydrogen-bond acceptors (Lipinski definition) is 3. The van der Waals surface area contributed by atoms with Gasteiger partial charge in [-0.25, -0.2) is 4.98 Å². The summed E-state index contributed by atoms with van der Waals surface area (Å²) >= 11 is 1.66. The molecule has 2 atom stereocenters. The van der Waals surface area contributed by atoms with Crippen molar-refractivity contribution in [2.24, 2.45) is 0 Å². The number of rotatable bonds is 3. The molecule has 0 fully saturated rings. The van der Waals surface area contributed by atoms with Gasteiger partial charge in [0, 0.05) is 17.5 Å². The maximum Gasteiger partial charge on any atom is 0.0795 e. The Morgan fingerprint density at radius 1 is 1.41 bits per heavy atom. The Bertz CT molecular complexity index is 493. The van der Waals surface area contributed by atoms with E-state index in [9.17, 15) is 0 Å². The van der Waals surface area contributed by atoms with Gasteiger partial charge in [-0.1, -0.05) is 24.3 Å². The topological polar surface area (TPSA) is 24.9 Å². The molecule has 1 aliphatic rings. The van der Waals surface area contributed by atoms with Crippen molar-refractivity contribution in [3.63, 3.8) is 0 Å². The van der Waals surface area contributed by atoms with E-state index in [-0.39, 0.29) is 0 Å². The van der Waals surface area contributed by atoms with E-state index in [4.69, 9.17) is 0 Å². The third-order valence-corrected chi connectivity index (χ3v) is 4.08. The molecule has 1 aromatic heterocycles. The van der Waals surface area contributed by atoms with Crippen LogP contribution in [0.25, 0.3) is 0 Å². The Kier molecular flexibility index (Phi) is 2.95. The molecule has 17 heavy (non-hydrogen) atoms. The van der Waals surface area contributed by atoms with Crippen molar-refractivity contribution in [3.05, 3.63) is 52.0 Å². The fourth-order valence-corrected chi connectivity index (χ4v) is 3.20. The zero-order chi connectivity index (χ0) is 11.7. The highest BCUT2D eigenvalue weighted by atomic mass is 32.1. The predicted octanol–water partition coefficient (Wildman–Crippen LogP) is 3.48. The van der Waals surface area contributed by atoms with E-state index < -0.39 is 0 Å². The van der Waals surface area contributed by atoms with E-state index in [1.807, 2.05) is 5.51 Å². The minimum atomic E-state index is 0.331.